The van der Waals surface area contributed by atoms with Crippen LogP contribution in [0.3, 0.4) is 0 Å². The van der Waals surface area contributed by atoms with Gasteiger partial charge < -0.3 is 10.4 Å². The van der Waals surface area contributed by atoms with Crippen LogP contribution >= 0.6 is 0 Å². The predicted molar refractivity (Wildman–Crippen MR) is 93.8 cm³/mol. The van der Waals surface area contributed by atoms with Crippen LogP contribution in [0.2, 0.25) is 0 Å². The van der Waals surface area contributed by atoms with Crippen molar-refractivity contribution in [1.82, 2.24) is 10.2 Å². The summed E-state index contributed by atoms with van der Waals surface area (Å²) in [4.78, 5) is 24.9. The van der Waals surface area contributed by atoms with E-state index in [0.717, 1.165) is 5.56 Å². The summed E-state index contributed by atoms with van der Waals surface area (Å²) < 4.78 is 40.5. The summed E-state index contributed by atoms with van der Waals surface area (Å²) in [5, 5.41) is 11.4. The minimum atomic E-state index is -4.47. The molecule has 1 saturated heterocycles. The number of halogens is 3. The highest BCUT2D eigenvalue weighted by atomic mass is 19.4. The monoisotopic (exact) mass is 386 g/mol. The maximum absolute atomic E-state index is 13.5. The molecule has 1 aromatic carbocycles. The van der Waals surface area contributed by atoms with Crippen molar-refractivity contribution in [2.24, 2.45) is 11.8 Å². The summed E-state index contributed by atoms with van der Waals surface area (Å²) in [5.41, 5.74) is -0.000339. The van der Waals surface area contributed by atoms with E-state index in [9.17, 15) is 22.8 Å². The maximum Gasteiger partial charge on any atom is 0.393 e. The van der Waals surface area contributed by atoms with Crippen LogP contribution in [0, 0.1) is 11.8 Å². The van der Waals surface area contributed by atoms with Gasteiger partial charge in [-0.1, -0.05) is 30.3 Å². The standard InChI is InChI=1S/C19H25F3N2O3/c1-18(2,9-8-16(25)26)23-17(27)14-11-24(12-15(14)19(20,21)22)10-13-6-4-3-5-7-13/h3-7,14-15H,8-12H2,1-2H3,(H,23,27)(H,25,26)/t14-,15-/m1/s1. The van der Waals surface area contributed by atoms with E-state index < -0.39 is 35.4 Å². The first-order valence-corrected chi connectivity index (χ1v) is 8.85. The molecule has 2 rings (SSSR count). The van der Waals surface area contributed by atoms with Gasteiger partial charge in [0.2, 0.25) is 5.91 Å². The molecule has 1 aliphatic heterocycles. The number of amides is 1. The second-order valence-electron chi connectivity index (χ2n) is 7.70. The Kier molecular flexibility index (Phi) is 6.51. The van der Waals surface area contributed by atoms with Crippen molar-refractivity contribution >= 4 is 11.9 Å². The fourth-order valence-electron chi connectivity index (χ4n) is 3.36. The molecule has 1 heterocycles. The minimum Gasteiger partial charge on any atom is -0.481 e. The molecule has 1 amide bonds. The number of carboxylic acid groups (broad SMARTS) is 1. The number of likely N-dealkylation sites (tertiary alicyclic amines) is 1. The number of hydrogen-bond acceptors (Lipinski definition) is 3. The molecule has 0 aliphatic carbocycles. The van der Waals surface area contributed by atoms with Gasteiger partial charge >= 0.3 is 12.1 Å². The number of rotatable bonds is 7. The fraction of sp³-hybridized carbons (Fsp3) is 0.579. The number of hydrogen-bond donors (Lipinski definition) is 2. The molecule has 0 saturated carbocycles. The summed E-state index contributed by atoms with van der Waals surface area (Å²) in [6.07, 6.45) is -4.50. The van der Waals surface area contributed by atoms with Gasteiger partial charge in [-0.25, -0.2) is 0 Å². The molecular formula is C19H25F3N2O3. The van der Waals surface area contributed by atoms with Crippen molar-refractivity contribution in [3.8, 4) is 0 Å². The molecule has 5 nitrogen and oxygen atoms in total. The van der Waals surface area contributed by atoms with Crippen LogP contribution < -0.4 is 5.32 Å². The van der Waals surface area contributed by atoms with Gasteiger partial charge in [0, 0.05) is 31.6 Å². The van der Waals surface area contributed by atoms with E-state index in [-0.39, 0.29) is 25.9 Å². The highest BCUT2D eigenvalue weighted by Crippen LogP contribution is 2.38. The molecule has 0 bridgehead atoms. The first-order valence-electron chi connectivity index (χ1n) is 8.85. The van der Waals surface area contributed by atoms with E-state index in [1.54, 1.807) is 18.7 Å². The highest BCUT2D eigenvalue weighted by Gasteiger charge is 2.52. The lowest BCUT2D eigenvalue weighted by Crippen LogP contribution is -2.49. The number of aliphatic carboxylic acids is 1. The van der Waals surface area contributed by atoms with E-state index in [1.165, 1.54) is 0 Å². The SMILES string of the molecule is CC(C)(CCC(=O)O)NC(=O)[C@@H]1CN(Cc2ccccc2)C[C@H]1C(F)(F)F. The van der Waals surface area contributed by atoms with Crippen LogP contribution in [0.5, 0.6) is 0 Å². The van der Waals surface area contributed by atoms with Gasteiger partial charge in [-0.05, 0) is 25.8 Å². The van der Waals surface area contributed by atoms with Gasteiger partial charge in [0.15, 0.2) is 0 Å². The summed E-state index contributed by atoms with van der Waals surface area (Å²) in [5.74, 6) is -4.64. The smallest absolute Gasteiger partial charge is 0.393 e. The van der Waals surface area contributed by atoms with Crippen LogP contribution in [0.1, 0.15) is 32.3 Å². The number of benzene rings is 1. The van der Waals surface area contributed by atoms with Gasteiger partial charge in [0.25, 0.3) is 0 Å². The lowest BCUT2D eigenvalue weighted by molar-refractivity contribution is -0.183. The summed E-state index contributed by atoms with van der Waals surface area (Å²) in [6.45, 7) is 3.37. The first kappa shape index (κ1) is 21.2. The van der Waals surface area contributed by atoms with E-state index >= 15 is 0 Å². The summed E-state index contributed by atoms with van der Waals surface area (Å²) in [6, 6.07) is 9.15. The molecule has 0 spiro atoms. The second kappa shape index (κ2) is 8.29. The van der Waals surface area contributed by atoms with Gasteiger partial charge in [-0.3, -0.25) is 14.5 Å². The van der Waals surface area contributed by atoms with Gasteiger partial charge in [0.1, 0.15) is 0 Å². The molecule has 0 aromatic heterocycles. The Morgan fingerprint density at radius 2 is 1.81 bits per heavy atom. The minimum absolute atomic E-state index is 0.0138. The van der Waals surface area contributed by atoms with Crippen molar-refractivity contribution in [2.75, 3.05) is 13.1 Å². The van der Waals surface area contributed by atoms with Crippen LogP contribution in [0.15, 0.2) is 30.3 Å². The number of carboxylic acids is 1. The molecule has 0 unspecified atom stereocenters. The number of carbonyl (C=O) groups excluding carboxylic acids is 1. The fourth-order valence-corrected chi connectivity index (χ4v) is 3.36. The summed E-state index contributed by atoms with van der Waals surface area (Å²) >= 11 is 0. The Labute approximate surface area is 156 Å². The molecule has 0 radical (unpaired) electrons. The third kappa shape index (κ3) is 6.23. The van der Waals surface area contributed by atoms with E-state index in [2.05, 4.69) is 5.32 Å². The topological polar surface area (TPSA) is 69.6 Å². The molecule has 1 aliphatic rings. The first-order chi connectivity index (χ1) is 12.5. The van der Waals surface area contributed by atoms with Crippen molar-refractivity contribution in [1.29, 1.82) is 0 Å². The average Bonchev–Trinajstić information content (AvgIpc) is 2.98. The van der Waals surface area contributed by atoms with Crippen LogP contribution in [0.25, 0.3) is 0 Å². The molecule has 8 heteroatoms. The maximum atomic E-state index is 13.5. The number of nitrogens with one attached hydrogen (secondary N) is 1. The van der Waals surface area contributed by atoms with Crippen LogP contribution in [0.4, 0.5) is 13.2 Å². The lowest BCUT2D eigenvalue weighted by atomic mass is 9.92. The van der Waals surface area contributed by atoms with Crippen molar-refractivity contribution in [3.05, 3.63) is 35.9 Å². The number of alkyl halides is 3. The highest BCUT2D eigenvalue weighted by molar-refractivity contribution is 5.80. The average molecular weight is 386 g/mol. The van der Waals surface area contributed by atoms with Crippen molar-refractivity contribution in [3.63, 3.8) is 0 Å². The van der Waals surface area contributed by atoms with E-state index in [1.807, 2.05) is 30.3 Å². The Hall–Kier alpha value is -2.09. The largest absolute Gasteiger partial charge is 0.481 e. The Bertz CT molecular complexity index is 662. The molecule has 27 heavy (non-hydrogen) atoms. The number of nitrogens with zero attached hydrogens (tertiary/aromatic N) is 1. The molecule has 150 valence electrons. The zero-order valence-electron chi connectivity index (χ0n) is 15.4. The molecule has 2 atom stereocenters. The van der Waals surface area contributed by atoms with Crippen LogP contribution in [-0.2, 0) is 16.1 Å². The second-order valence-corrected chi connectivity index (χ2v) is 7.70. The lowest BCUT2D eigenvalue weighted by Gasteiger charge is -2.29. The summed E-state index contributed by atoms with van der Waals surface area (Å²) in [7, 11) is 0. The Balaban J connectivity index is 2.07. The molecule has 2 N–H and O–H groups in total. The zero-order chi connectivity index (χ0) is 20.2. The Morgan fingerprint density at radius 3 is 2.37 bits per heavy atom. The van der Waals surface area contributed by atoms with Crippen molar-refractivity contribution in [2.45, 2.75) is 44.9 Å². The normalized spacial score (nSPS) is 21.2. The zero-order valence-corrected chi connectivity index (χ0v) is 15.4. The Morgan fingerprint density at radius 1 is 1.19 bits per heavy atom. The van der Waals surface area contributed by atoms with Gasteiger partial charge in [-0.15, -0.1) is 0 Å². The molecule has 1 fully saturated rings. The number of carbonyl (C=O) groups is 2. The van der Waals surface area contributed by atoms with Crippen molar-refractivity contribution < 1.29 is 27.9 Å². The van der Waals surface area contributed by atoms with Gasteiger partial charge in [-0.2, -0.15) is 13.2 Å². The predicted octanol–water partition coefficient (Wildman–Crippen LogP) is 3.06. The quantitative estimate of drug-likeness (QED) is 0.756. The van der Waals surface area contributed by atoms with Gasteiger partial charge in [0.05, 0.1) is 11.8 Å². The third-order valence-electron chi connectivity index (χ3n) is 4.83. The third-order valence-corrected chi connectivity index (χ3v) is 4.83. The molecule has 1 aromatic rings. The van der Waals surface area contributed by atoms with E-state index in [4.69, 9.17) is 5.11 Å². The van der Waals surface area contributed by atoms with E-state index in [0.29, 0.717) is 6.54 Å². The van der Waals surface area contributed by atoms with Crippen LogP contribution in [-0.4, -0.2) is 46.7 Å². The molecular weight excluding hydrogens is 361 g/mol.